The summed E-state index contributed by atoms with van der Waals surface area (Å²) in [7, 11) is 0. The average Bonchev–Trinajstić information content (AvgIpc) is 3.00. The summed E-state index contributed by atoms with van der Waals surface area (Å²) in [6.07, 6.45) is 16.6. The smallest absolute Gasteiger partial charge is 0.363 e. The fourth-order valence-corrected chi connectivity index (χ4v) is 4.94. The highest BCUT2D eigenvalue weighted by atomic mass is 32.2. The van der Waals surface area contributed by atoms with Crippen molar-refractivity contribution in [3.8, 4) is 0 Å². The third kappa shape index (κ3) is 3.74. The Morgan fingerprint density at radius 2 is 1.47 bits per heavy atom. The van der Waals surface area contributed by atoms with Crippen molar-refractivity contribution < 1.29 is 4.65 Å². The standard InChI is InChI=1S/C16H27BOS/c1-3-7-14(8-4-1)17(15-9-5-2-6-10-15)18-16-11-12-19-13-16/h11,14-15H,1-10,12-13H2. The van der Waals surface area contributed by atoms with Gasteiger partial charge in [-0.3, -0.25) is 0 Å². The van der Waals surface area contributed by atoms with Gasteiger partial charge in [0.1, 0.15) is 0 Å². The molecule has 0 saturated heterocycles. The van der Waals surface area contributed by atoms with Crippen molar-refractivity contribution in [3.05, 3.63) is 11.8 Å². The lowest BCUT2D eigenvalue weighted by Crippen LogP contribution is -2.33. The average molecular weight is 278 g/mol. The Hall–Kier alpha value is -0.0451. The van der Waals surface area contributed by atoms with Gasteiger partial charge in [0.05, 0.1) is 5.76 Å². The van der Waals surface area contributed by atoms with Gasteiger partial charge in [0.15, 0.2) is 0 Å². The maximum Gasteiger partial charge on any atom is 0.363 e. The molecule has 1 heterocycles. The monoisotopic (exact) mass is 278 g/mol. The summed E-state index contributed by atoms with van der Waals surface area (Å²) < 4.78 is 6.53. The Balaban J connectivity index is 1.65. The van der Waals surface area contributed by atoms with Crippen molar-refractivity contribution in [2.24, 2.45) is 0 Å². The van der Waals surface area contributed by atoms with Crippen LogP contribution in [0.3, 0.4) is 0 Å². The molecule has 0 unspecified atom stereocenters. The second-order valence-corrected chi connectivity index (χ2v) is 7.59. The Morgan fingerprint density at radius 3 is 1.95 bits per heavy atom. The first-order valence-electron chi connectivity index (χ1n) is 8.37. The lowest BCUT2D eigenvalue weighted by Gasteiger charge is -2.35. The van der Waals surface area contributed by atoms with E-state index in [1.54, 1.807) is 0 Å². The van der Waals surface area contributed by atoms with Crippen LogP contribution in [0.15, 0.2) is 11.8 Å². The van der Waals surface area contributed by atoms with Gasteiger partial charge in [0, 0.05) is 11.5 Å². The van der Waals surface area contributed by atoms with Crippen molar-refractivity contribution in [1.29, 1.82) is 0 Å². The Labute approximate surface area is 123 Å². The van der Waals surface area contributed by atoms with Crippen LogP contribution in [-0.4, -0.2) is 18.4 Å². The molecule has 0 atom stereocenters. The number of hydrogen-bond donors (Lipinski definition) is 0. The minimum atomic E-state index is 0.547. The third-order valence-electron chi connectivity index (χ3n) is 5.19. The predicted molar refractivity (Wildman–Crippen MR) is 85.9 cm³/mol. The summed E-state index contributed by atoms with van der Waals surface area (Å²) in [4.78, 5) is 0. The number of hydrogen-bond acceptors (Lipinski definition) is 2. The molecule has 2 fully saturated rings. The zero-order chi connectivity index (χ0) is 12.9. The molecule has 0 N–H and O–H groups in total. The van der Waals surface area contributed by atoms with Crippen LogP contribution >= 0.6 is 11.8 Å². The van der Waals surface area contributed by atoms with Crippen molar-refractivity contribution in [1.82, 2.24) is 0 Å². The van der Waals surface area contributed by atoms with Gasteiger partial charge in [-0.25, -0.2) is 0 Å². The summed E-state index contributed by atoms with van der Waals surface area (Å²) in [5.41, 5.74) is 0. The zero-order valence-corrected chi connectivity index (χ0v) is 12.9. The van der Waals surface area contributed by atoms with Gasteiger partial charge in [-0.05, 0) is 17.7 Å². The summed E-state index contributed by atoms with van der Waals surface area (Å²) >= 11 is 2.00. The van der Waals surface area contributed by atoms with E-state index in [0.29, 0.717) is 6.92 Å². The molecule has 0 bridgehead atoms. The quantitative estimate of drug-likeness (QED) is 0.646. The van der Waals surface area contributed by atoms with Crippen LogP contribution in [0.4, 0.5) is 0 Å². The summed E-state index contributed by atoms with van der Waals surface area (Å²) in [6, 6.07) is 0. The molecule has 0 spiro atoms. The van der Waals surface area contributed by atoms with Crippen molar-refractivity contribution >= 4 is 18.7 Å². The molecule has 0 aromatic rings. The van der Waals surface area contributed by atoms with Gasteiger partial charge in [0.2, 0.25) is 0 Å². The molecule has 1 aliphatic heterocycles. The van der Waals surface area contributed by atoms with Gasteiger partial charge >= 0.3 is 6.92 Å². The molecular weight excluding hydrogens is 251 g/mol. The molecule has 2 saturated carbocycles. The highest BCUT2D eigenvalue weighted by Gasteiger charge is 2.38. The van der Waals surface area contributed by atoms with E-state index in [0.717, 1.165) is 23.1 Å². The number of thioether (sulfide) groups is 1. The molecule has 0 amide bonds. The van der Waals surface area contributed by atoms with E-state index in [2.05, 4.69) is 6.08 Å². The van der Waals surface area contributed by atoms with Crippen LogP contribution in [0.2, 0.25) is 11.6 Å². The van der Waals surface area contributed by atoms with E-state index in [4.69, 9.17) is 4.65 Å². The minimum Gasteiger partial charge on any atom is -0.563 e. The molecule has 0 aromatic carbocycles. The van der Waals surface area contributed by atoms with E-state index in [-0.39, 0.29) is 0 Å². The SMILES string of the molecule is C1=C(OB(C2CCCCC2)C2CCCCC2)CSC1. The summed E-state index contributed by atoms with van der Waals surface area (Å²) in [5.74, 6) is 5.28. The molecule has 1 nitrogen and oxygen atoms in total. The van der Waals surface area contributed by atoms with Gasteiger partial charge < -0.3 is 4.65 Å². The van der Waals surface area contributed by atoms with Crippen molar-refractivity contribution in [2.75, 3.05) is 11.5 Å². The molecule has 2 aliphatic carbocycles. The van der Waals surface area contributed by atoms with E-state index in [9.17, 15) is 0 Å². The lowest BCUT2D eigenvalue weighted by molar-refractivity contribution is 0.357. The van der Waals surface area contributed by atoms with Crippen LogP contribution in [0, 0.1) is 0 Å². The first kappa shape index (κ1) is 13.9. The maximum absolute atomic E-state index is 6.53. The molecular formula is C16H27BOS. The van der Waals surface area contributed by atoms with Crippen LogP contribution in [0.25, 0.3) is 0 Å². The highest BCUT2D eigenvalue weighted by molar-refractivity contribution is 7.99. The van der Waals surface area contributed by atoms with Gasteiger partial charge in [0.25, 0.3) is 0 Å². The highest BCUT2D eigenvalue weighted by Crippen LogP contribution is 2.42. The second-order valence-electron chi connectivity index (χ2n) is 6.56. The fourth-order valence-electron chi connectivity index (χ4n) is 4.13. The van der Waals surface area contributed by atoms with E-state index < -0.39 is 0 Å². The second kappa shape index (κ2) is 7.10. The molecule has 19 heavy (non-hydrogen) atoms. The first-order valence-corrected chi connectivity index (χ1v) is 9.52. The van der Waals surface area contributed by atoms with E-state index in [1.807, 2.05) is 11.8 Å². The molecule has 106 valence electrons. The Kier molecular flexibility index (Phi) is 5.20. The normalized spacial score (nSPS) is 26.2. The molecule has 0 radical (unpaired) electrons. The molecule has 3 aliphatic rings. The largest absolute Gasteiger partial charge is 0.563 e. The van der Waals surface area contributed by atoms with Gasteiger partial charge in [-0.15, -0.1) is 11.8 Å². The number of rotatable bonds is 4. The van der Waals surface area contributed by atoms with E-state index >= 15 is 0 Å². The Bertz CT molecular complexity index is 288. The first-order chi connectivity index (χ1) is 9.43. The van der Waals surface area contributed by atoms with Gasteiger partial charge in [-0.1, -0.05) is 64.2 Å². The maximum atomic E-state index is 6.53. The Morgan fingerprint density at radius 1 is 0.895 bits per heavy atom. The summed E-state index contributed by atoms with van der Waals surface area (Å²) in [5, 5.41) is 0. The van der Waals surface area contributed by atoms with Crippen LogP contribution in [0.5, 0.6) is 0 Å². The molecule has 3 rings (SSSR count). The lowest BCUT2D eigenvalue weighted by atomic mass is 9.42. The van der Waals surface area contributed by atoms with E-state index in [1.165, 1.54) is 70.0 Å². The van der Waals surface area contributed by atoms with Crippen LogP contribution in [0.1, 0.15) is 64.2 Å². The topological polar surface area (TPSA) is 9.23 Å². The predicted octanol–water partition coefficient (Wildman–Crippen LogP) is 5.29. The molecule has 0 aromatic heterocycles. The minimum absolute atomic E-state index is 0.547. The van der Waals surface area contributed by atoms with Crippen molar-refractivity contribution in [3.63, 3.8) is 0 Å². The van der Waals surface area contributed by atoms with Crippen LogP contribution < -0.4 is 0 Å². The molecule has 3 heteroatoms. The van der Waals surface area contributed by atoms with Gasteiger partial charge in [-0.2, -0.15) is 0 Å². The zero-order valence-electron chi connectivity index (χ0n) is 12.1. The fraction of sp³-hybridized carbons (Fsp3) is 0.875. The van der Waals surface area contributed by atoms with Crippen LogP contribution in [-0.2, 0) is 4.65 Å². The summed E-state index contributed by atoms with van der Waals surface area (Å²) in [6.45, 7) is 0.547. The third-order valence-corrected chi connectivity index (χ3v) is 6.08. The van der Waals surface area contributed by atoms with Crippen molar-refractivity contribution in [2.45, 2.75) is 75.8 Å².